The third kappa shape index (κ3) is 9.61. The summed E-state index contributed by atoms with van der Waals surface area (Å²) in [5, 5.41) is 0. The van der Waals surface area contributed by atoms with Crippen molar-refractivity contribution >= 4 is 0 Å². The highest BCUT2D eigenvalue weighted by atomic mass is 16.5. The molecule has 2 heteroatoms. The standard InChI is InChI=1S/C15H33NO/c1-5-8-11-15(14-17-4)12-9-10-13-16(6-2)7-3/h15H,5-14H2,1-4H3/t15-/m0/s1. The average molecular weight is 243 g/mol. The maximum atomic E-state index is 5.31. The Hall–Kier alpha value is -0.0800. The van der Waals surface area contributed by atoms with E-state index in [4.69, 9.17) is 4.74 Å². The highest BCUT2D eigenvalue weighted by Crippen LogP contribution is 2.16. The summed E-state index contributed by atoms with van der Waals surface area (Å²) < 4.78 is 5.31. The molecule has 0 amide bonds. The molecule has 2 nitrogen and oxygen atoms in total. The SMILES string of the molecule is CCCC[C@@H](CCCCN(CC)CC)COC. The molecular formula is C15H33NO. The second-order valence-corrected chi connectivity index (χ2v) is 4.99. The van der Waals surface area contributed by atoms with E-state index in [-0.39, 0.29) is 0 Å². The van der Waals surface area contributed by atoms with Gasteiger partial charge in [-0.2, -0.15) is 0 Å². The van der Waals surface area contributed by atoms with Gasteiger partial charge in [0.1, 0.15) is 0 Å². The molecule has 0 aromatic rings. The number of ether oxygens (including phenoxy) is 1. The lowest BCUT2D eigenvalue weighted by Crippen LogP contribution is -2.24. The Balaban J connectivity index is 3.58. The maximum Gasteiger partial charge on any atom is 0.0490 e. The van der Waals surface area contributed by atoms with Crippen LogP contribution in [-0.2, 0) is 4.74 Å². The number of hydrogen-bond acceptors (Lipinski definition) is 2. The molecule has 0 heterocycles. The van der Waals surface area contributed by atoms with Crippen molar-refractivity contribution in [2.75, 3.05) is 33.4 Å². The number of hydrogen-bond donors (Lipinski definition) is 0. The summed E-state index contributed by atoms with van der Waals surface area (Å²) in [7, 11) is 1.83. The maximum absolute atomic E-state index is 5.31. The Morgan fingerprint density at radius 3 is 2.12 bits per heavy atom. The van der Waals surface area contributed by atoms with E-state index >= 15 is 0 Å². The van der Waals surface area contributed by atoms with Crippen LogP contribution in [0.25, 0.3) is 0 Å². The molecule has 104 valence electrons. The van der Waals surface area contributed by atoms with Crippen LogP contribution in [0.1, 0.15) is 59.3 Å². The van der Waals surface area contributed by atoms with E-state index in [0.717, 1.165) is 12.5 Å². The van der Waals surface area contributed by atoms with E-state index in [1.54, 1.807) is 0 Å². The van der Waals surface area contributed by atoms with Crippen molar-refractivity contribution in [2.24, 2.45) is 5.92 Å². The summed E-state index contributed by atoms with van der Waals surface area (Å²) in [5.41, 5.74) is 0. The molecule has 0 aliphatic heterocycles. The summed E-state index contributed by atoms with van der Waals surface area (Å²) in [6, 6.07) is 0. The molecule has 1 atom stereocenters. The zero-order chi connectivity index (χ0) is 12.9. The molecule has 0 aliphatic rings. The van der Waals surface area contributed by atoms with Crippen LogP contribution in [0.2, 0.25) is 0 Å². The molecule has 0 N–H and O–H groups in total. The highest BCUT2D eigenvalue weighted by molar-refractivity contribution is 4.60. The third-order valence-electron chi connectivity index (χ3n) is 3.60. The van der Waals surface area contributed by atoms with Crippen molar-refractivity contribution in [3.8, 4) is 0 Å². The molecule has 0 unspecified atom stereocenters. The Bertz CT molecular complexity index is 146. The Kier molecular flexibility index (Phi) is 12.3. The minimum absolute atomic E-state index is 0.789. The summed E-state index contributed by atoms with van der Waals surface area (Å²) in [4.78, 5) is 2.51. The van der Waals surface area contributed by atoms with Gasteiger partial charge < -0.3 is 9.64 Å². The van der Waals surface area contributed by atoms with E-state index in [9.17, 15) is 0 Å². The second-order valence-electron chi connectivity index (χ2n) is 4.99. The lowest BCUT2D eigenvalue weighted by atomic mass is 9.97. The van der Waals surface area contributed by atoms with Gasteiger partial charge in [-0.1, -0.05) is 40.0 Å². The van der Waals surface area contributed by atoms with E-state index in [1.807, 2.05) is 7.11 Å². The van der Waals surface area contributed by atoms with Crippen LogP contribution < -0.4 is 0 Å². The van der Waals surface area contributed by atoms with Crippen LogP contribution in [0.4, 0.5) is 0 Å². The van der Waals surface area contributed by atoms with Gasteiger partial charge in [0.15, 0.2) is 0 Å². The van der Waals surface area contributed by atoms with Crippen molar-refractivity contribution in [3.63, 3.8) is 0 Å². The van der Waals surface area contributed by atoms with Crippen LogP contribution >= 0.6 is 0 Å². The minimum atomic E-state index is 0.789. The predicted octanol–water partition coefficient (Wildman–Crippen LogP) is 3.95. The normalized spacial score (nSPS) is 13.2. The number of nitrogens with zero attached hydrogens (tertiary/aromatic N) is 1. The zero-order valence-corrected chi connectivity index (χ0v) is 12.5. The quantitative estimate of drug-likeness (QED) is 0.481. The fourth-order valence-corrected chi connectivity index (χ4v) is 2.35. The summed E-state index contributed by atoms with van der Waals surface area (Å²) in [5.74, 6) is 0.789. The van der Waals surface area contributed by atoms with Crippen molar-refractivity contribution in [1.82, 2.24) is 4.90 Å². The van der Waals surface area contributed by atoms with Crippen LogP contribution in [0.5, 0.6) is 0 Å². The van der Waals surface area contributed by atoms with Crippen LogP contribution in [-0.4, -0.2) is 38.3 Å². The molecule has 0 aromatic carbocycles. The van der Waals surface area contributed by atoms with Gasteiger partial charge in [0, 0.05) is 13.7 Å². The molecule has 0 saturated carbocycles. The highest BCUT2D eigenvalue weighted by Gasteiger charge is 2.08. The first-order valence-corrected chi connectivity index (χ1v) is 7.49. The van der Waals surface area contributed by atoms with E-state index in [1.165, 1.54) is 58.2 Å². The molecule has 0 aliphatic carbocycles. The minimum Gasteiger partial charge on any atom is -0.384 e. The van der Waals surface area contributed by atoms with Crippen molar-refractivity contribution < 1.29 is 4.74 Å². The van der Waals surface area contributed by atoms with Gasteiger partial charge in [-0.3, -0.25) is 0 Å². The zero-order valence-electron chi connectivity index (χ0n) is 12.5. The van der Waals surface area contributed by atoms with E-state index in [0.29, 0.717) is 0 Å². The first-order chi connectivity index (χ1) is 8.28. The van der Waals surface area contributed by atoms with Gasteiger partial charge in [0.25, 0.3) is 0 Å². The molecule has 0 saturated heterocycles. The van der Waals surface area contributed by atoms with Gasteiger partial charge in [-0.15, -0.1) is 0 Å². The monoisotopic (exact) mass is 243 g/mol. The summed E-state index contributed by atoms with van der Waals surface area (Å²) >= 11 is 0. The molecule has 0 aromatic heterocycles. The largest absolute Gasteiger partial charge is 0.384 e. The fraction of sp³-hybridized carbons (Fsp3) is 1.00. The predicted molar refractivity (Wildman–Crippen MR) is 76.5 cm³/mol. The van der Waals surface area contributed by atoms with Crippen LogP contribution in [0.3, 0.4) is 0 Å². The van der Waals surface area contributed by atoms with Gasteiger partial charge in [-0.05, 0) is 44.8 Å². The molecular weight excluding hydrogens is 210 g/mol. The number of methoxy groups -OCH3 is 1. The first-order valence-electron chi connectivity index (χ1n) is 7.49. The summed E-state index contributed by atoms with van der Waals surface area (Å²) in [6.07, 6.45) is 8.04. The fourth-order valence-electron chi connectivity index (χ4n) is 2.35. The lowest BCUT2D eigenvalue weighted by Gasteiger charge is -2.19. The van der Waals surface area contributed by atoms with Gasteiger partial charge in [-0.25, -0.2) is 0 Å². The van der Waals surface area contributed by atoms with Crippen molar-refractivity contribution in [2.45, 2.75) is 59.3 Å². The Morgan fingerprint density at radius 1 is 0.941 bits per heavy atom. The molecule has 0 radical (unpaired) electrons. The van der Waals surface area contributed by atoms with Gasteiger partial charge in [0.05, 0.1) is 0 Å². The van der Waals surface area contributed by atoms with Crippen LogP contribution in [0, 0.1) is 5.92 Å². The smallest absolute Gasteiger partial charge is 0.0490 e. The average Bonchev–Trinajstić information content (AvgIpc) is 2.36. The number of unbranched alkanes of at least 4 members (excludes halogenated alkanes) is 2. The van der Waals surface area contributed by atoms with Crippen molar-refractivity contribution in [1.29, 1.82) is 0 Å². The third-order valence-corrected chi connectivity index (χ3v) is 3.60. The molecule has 0 bridgehead atoms. The Labute approximate surface area is 109 Å². The summed E-state index contributed by atoms with van der Waals surface area (Å²) in [6.45, 7) is 11.4. The topological polar surface area (TPSA) is 12.5 Å². The van der Waals surface area contributed by atoms with Gasteiger partial charge in [0.2, 0.25) is 0 Å². The lowest BCUT2D eigenvalue weighted by molar-refractivity contribution is 0.139. The Morgan fingerprint density at radius 2 is 1.59 bits per heavy atom. The molecule has 17 heavy (non-hydrogen) atoms. The number of rotatable bonds is 12. The molecule has 0 rings (SSSR count). The van der Waals surface area contributed by atoms with E-state index in [2.05, 4.69) is 25.7 Å². The second kappa shape index (κ2) is 12.4. The molecule has 0 spiro atoms. The van der Waals surface area contributed by atoms with Crippen molar-refractivity contribution in [3.05, 3.63) is 0 Å². The van der Waals surface area contributed by atoms with E-state index < -0.39 is 0 Å². The molecule has 0 fully saturated rings. The van der Waals surface area contributed by atoms with Crippen LogP contribution in [0.15, 0.2) is 0 Å². The van der Waals surface area contributed by atoms with Gasteiger partial charge >= 0.3 is 0 Å². The first kappa shape index (κ1) is 16.9.